The summed E-state index contributed by atoms with van der Waals surface area (Å²) in [5, 5.41) is 3.33. The fourth-order valence-electron chi connectivity index (χ4n) is 2.83. The molecule has 6 nitrogen and oxygen atoms in total. The van der Waals surface area contributed by atoms with Crippen LogP contribution in [0.25, 0.3) is 11.1 Å². The molecule has 0 spiro atoms. The summed E-state index contributed by atoms with van der Waals surface area (Å²) < 4.78 is 4.89. The minimum atomic E-state index is -0.546. The summed E-state index contributed by atoms with van der Waals surface area (Å²) in [4.78, 5) is 17.9. The Bertz CT molecular complexity index is 771. The van der Waals surface area contributed by atoms with Crippen molar-refractivity contribution in [3.63, 3.8) is 0 Å². The van der Waals surface area contributed by atoms with Gasteiger partial charge in [-0.2, -0.15) is 12.6 Å². The summed E-state index contributed by atoms with van der Waals surface area (Å²) in [5.74, 6) is 1.19. The first-order valence-corrected chi connectivity index (χ1v) is 10.4. The predicted octanol–water partition coefficient (Wildman–Crippen LogP) is 3.49. The van der Waals surface area contributed by atoms with Crippen molar-refractivity contribution < 1.29 is 14.4 Å². The lowest BCUT2D eigenvalue weighted by Crippen LogP contribution is -2.40. The number of carbonyl (C=O) groups is 1. The van der Waals surface area contributed by atoms with Crippen molar-refractivity contribution in [1.82, 2.24) is 5.48 Å². The molecule has 0 aliphatic carbocycles. The van der Waals surface area contributed by atoms with Crippen LogP contribution in [0.4, 0.5) is 5.69 Å². The van der Waals surface area contributed by atoms with Crippen molar-refractivity contribution >= 4 is 24.3 Å². The van der Waals surface area contributed by atoms with Gasteiger partial charge in [-0.15, -0.1) is 5.48 Å². The number of ether oxygens (including phenoxy) is 1. The van der Waals surface area contributed by atoms with Gasteiger partial charge in [0.1, 0.15) is 6.04 Å². The maximum absolute atomic E-state index is 12.1. The molecule has 0 radical (unpaired) electrons. The number of methoxy groups -OCH3 is 1. The Morgan fingerprint density at radius 2 is 1.90 bits per heavy atom. The van der Waals surface area contributed by atoms with Crippen molar-refractivity contribution in [2.45, 2.75) is 32.4 Å². The monoisotopic (exact) mass is 417 g/mol. The Morgan fingerprint density at radius 1 is 1.17 bits per heavy atom. The average molecular weight is 418 g/mol. The summed E-state index contributed by atoms with van der Waals surface area (Å²) >= 11 is 4.22. The first-order valence-electron chi connectivity index (χ1n) is 9.74. The number of anilines is 1. The molecular weight excluding hydrogens is 386 g/mol. The minimum Gasteiger partial charge on any atom is -0.468 e. The highest BCUT2D eigenvalue weighted by Crippen LogP contribution is 2.32. The van der Waals surface area contributed by atoms with E-state index in [0.717, 1.165) is 16.8 Å². The van der Waals surface area contributed by atoms with Gasteiger partial charge in [0.2, 0.25) is 0 Å². The number of esters is 1. The van der Waals surface area contributed by atoms with E-state index in [2.05, 4.69) is 23.4 Å². The van der Waals surface area contributed by atoms with Crippen LogP contribution in [0.15, 0.2) is 48.5 Å². The Labute approximate surface area is 178 Å². The molecular formula is C22H31N3O3S. The lowest BCUT2D eigenvalue weighted by molar-refractivity contribution is -0.146. The number of rotatable bonds is 11. The largest absolute Gasteiger partial charge is 0.468 e. The lowest BCUT2D eigenvalue weighted by Gasteiger charge is -2.20. The Balaban J connectivity index is 2.24. The molecule has 7 heteroatoms. The highest BCUT2D eigenvalue weighted by atomic mass is 32.1. The molecule has 2 atom stereocenters. The van der Waals surface area contributed by atoms with Crippen LogP contribution in [0, 0.1) is 5.92 Å². The number of hydrogen-bond acceptors (Lipinski definition) is 7. The Hall–Kier alpha value is -2.22. The summed E-state index contributed by atoms with van der Waals surface area (Å²) in [6.45, 7) is 4.71. The van der Waals surface area contributed by atoms with Crippen LogP contribution in [-0.4, -0.2) is 37.5 Å². The molecule has 0 aliphatic heterocycles. The molecule has 0 unspecified atom stereocenters. The van der Waals surface area contributed by atoms with Gasteiger partial charge in [-0.1, -0.05) is 44.2 Å². The zero-order valence-electron chi connectivity index (χ0n) is 17.2. The number of thiol groups is 1. The van der Waals surface area contributed by atoms with Crippen LogP contribution in [-0.2, 0) is 9.53 Å². The maximum atomic E-state index is 12.1. The second-order valence-electron chi connectivity index (χ2n) is 7.33. The highest BCUT2D eigenvalue weighted by molar-refractivity contribution is 7.80. The Morgan fingerprint density at radius 3 is 2.52 bits per heavy atom. The topological polar surface area (TPSA) is 85.6 Å². The van der Waals surface area contributed by atoms with Gasteiger partial charge in [-0.25, -0.2) is 0 Å². The molecule has 0 aromatic heterocycles. The van der Waals surface area contributed by atoms with E-state index in [9.17, 15) is 4.79 Å². The van der Waals surface area contributed by atoms with Crippen LogP contribution in [0.5, 0.6) is 5.75 Å². The highest BCUT2D eigenvalue weighted by Gasteiger charge is 2.22. The van der Waals surface area contributed by atoms with Crippen molar-refractivity contribution in [2.24, 2.45) is 11.7 Å². The van der Waals surface area contributed by atoms with E-state index in [1.807, 2.05) is 62.4 Å². The van der Waals surface area contributed by atoms with E-state index in [0.29, 0.717) is 30.4 Å². The van der Waals surface area contributed by atoms with Crippen LogP contribution < -0.4 is 21.4 Å². The van der Waals surface area contributed by atoms with Gasteiger partial charge in [0.15, 0.2) is 5.75 Å². The van der Waals surface area contributed by atoms with Gasteiger partial charge in [0.05, 0.1) is 7.11 Å². The third kappa shape index (κ3) is 7.27. The molecule has 0 heterocycles. The zero-order valence-corrected chi connectivity index (χ0v) is 18.1. The molecule has 2 rings (SSSR count). The minimum absolute atomic E-state index is 0.0343. The molecule has 2 aromatic rings. The number of carbonyl (C=O) groups excluding carboxylic acids is 1. The van der Waals surface area contributed by atoms with Gasteiger partial charge in [0.25, 0.3) is 0 Å². The number of nitrogens with one attached hydrogen (secondary N) is 2. The van der Waals surface area contributed by atoms with E-state index < -0.39 is 6.04 Å². The first-order chi connectivity index (χ1) is 13.9. The van der Waals surface area contributed by atoms with Crippen molar-refractivity contribution in [3.8, 4) is 16.9 Å². The quantitative estimate of drug-likeness (QED) is 0.254. The van der Waals surface area contributed by atoms with Crippen LogP contribution in [0.3, 0.4) is 0 Å². The van der Waals surface area contributed by atoms with E-state index in [-0.39, 0.29) is 12.0 Å². The summed E-state index contributed by atoms with van der Waals surface area (Å²) in [6, 6.07) is 15.1. The molecule has 0 saturated heterocycles. The van der Waals surface area contributed by atoms with Gasteiger partial charge >= 0.3 is 5.97 Å². The van der Waals surface area contributed by atoms with Crippen LogP contribution in [0.2, 0.25) is 0 Å². The molecule has 0 saturated carbocycles. The van der Waals surface area contributed by atoms with Gasteiger partial charge in [-0.05, 0) is 36.1 Å². The third-order valence-corrected chi connectivity index (χ3v) is 4.84. The SMILES string of the molecule is COC(=O)[C@H](CC(C)C)NOc1ccc(NC[C@@H](N)CS)cc1-c1ccccc1. The molecule has 0 bridgehead atoms. The summed E-state index contributed by atoms with van der Waals surface area (Å²) in [6.07, 6.45) is 0.606. The van der Waals surface area contributed by atoms with E-state index in [1.54, 1.807) is 0 Å². The number of hydroxylamine groups is 1. The molecule has 158 valence electrons. The molecule has 0 aliphatic rings. The fourth-order valence-corrected chi connectivity index (χ4v) is 2.96. The summed E-state index contributed by atoms with van der Waals surface area (Å²) in [7, 11) is 1.38. The molecule has 0 amide bonds. The summed E-state index contributed by atoms with van der Waals surface area (Å²) in [5.41, 5.74) is 11.7. The number of nitrogens with two attached hydrogens (primary N) is 1. The lowest BCUT2D eigenvalue weighted by atomic mass is 10.0. The normalized spacial score (nSPS) is 13.0. The van der Waals surface area contributed by atoms with Crippen molar-refractivity contribution in [1.29, 1.82) is 0 Å². The zero-order chi connectivity index (χ0) is 21.2. The Kier molecular flexibility index (Phi) is 9.31. The second kappa shape index (κ2) is 11.7. The molecule has 29 heavy (non-hydrogen) atoms. The van der Waals surface area contributed by atoms with Crippen LogP contribution >= 0.6 is 12.6 Å². The van der Waals surface area contributed by atoms with Gasteiger partial charge < -0.3 is 20.6 Å². The van der Waals surface area contributed by atoms with E-state index in [1.165, 1.54) is 7.11 Å². The van der Waals surface area contributed by atoms with Crippen LogP contribution in [0.1, 0.15) is 20.3 Å². The van der Waals surface area contributed by atoms with Crippen molar-refractivity contribution in [2.75, 3.05) is 24.7 Å². The standard InChI is InChI=1S/C22H31N3O3S/c1-15(2)11-20(22(26)27-3)25-28-21-10-9-18(24-13-17(23)14-29)12-19(21)16-7-5-4-6-8-16/h4-10,12,15,17,20,24-25,29H,11,13-14,23H2,1-3H3/t17-,20+/m1/s1. The first kappa shape index (κ1) is 23.1. The van der Waals surface area contributed by atoms with Gasteiger partial charge in [-0.3, -0.25) is 4.79 Å². The fraction of sp³-hybridized carbons (Fsp3) is 0.409. The van der Waals surface area contributed by atoms with E-state index >= 15 is 0 Å². The van der Waals surface area contributed by atoms with Crippen molar-refractivity contribution in [3.05, 3.63) is 48.5 Å². The number of hydrogen-bond donors (Lipinski definition) is 4. The van der Waals surface area contributed by atoms with E-state index in [4.69, 9.17) is 15.3 Å². The number of benzene rings is 2. The average Bonchev–Trinajstić information content (AvgIpc) is 2.74. The maximum Gasteiger partial charge on any atom is 0.326 e. The third-order valence-electron chi connectivity index (χ3n) is 4.37. The molecule has 2 aromatic carbocycles. The molecule has 0 fully saturated rings. The second-order valence-corrected chi connectivity index (χ2v) is 7.69. The smallest absolute Gasteiger partial charge is 0.326 e. The molecule has 4 N–H and O–H groups in total. The predicted molar refractivity (Wildman–Crippen MR) is 121 cm³/mol. The van der Waals surface area contributed by atoms with Gasteiger partial charge in [0, 0.05) is 29.6 Å².